The summed E-state index contributed by atoms with van der Waals surface area (Å²) in [4.78, 5) is 0. The van der Waals surface area contributed by atoms with Gasteiger partial charge in [-0.3, -0.25) is 0 Å². The van der Waals surface area contributed by atoms with Crippen LogP contribution in [0.15, 0.2) is 41.4 Å². The summed E-state index contributed by atoms with van der Waals surface area (Å²) in [6, 6.07) is 10.5. The van der Waals surface area contributed by atoms with E-state index in [9.17, 15) is 13.2 Å². The Labute approximate surface area is 133 Å². The van der Waals surface area contributed by atoms with Crippen LogP contribution in [-0.2, 0) is 11.9 Å². The first-order valence-corrected chi connectivity index (χ1v) is 7.52. The first-order valence-electron chi connectivity index (χ1n) is 6.53. The lowest BCUT2D eigenvalue weighted by molar-refractivity contribution is -0.146. The van der Waals surface area contributed by atoms with Gasteiger partial charge in [-0.15, -0.1) is 10.2 Å². The molecule has 0 atom stereocenters. The third-order valence-electron chi connectivity index (χ3n) is 3.06. The molecule has 2 heterocycles. The zero-order chi connectivity index (χ0) is 16.4. The van der Waals surface area contributed by atoms with E-state index in [1.165, 1.54) is 17.8 Å². The molecule has 0 saturated carbocycles. The van der Waals surface area contributed by atoms with Gasteiger partial charge in [-0.05, 0) is 18.2 Å². The molecule has 0 aliphatic carbocycles. The van der Waals surface area contributed by atoms with E-state index in [2.05, 4.69) is 15.3 Å². The van der Waals surface area contributed by atoms with Gasteiger partial charge in [0.15, 0.2) is 5.65 Å². The van der Waals surface area contributed by atoms with Crippen LogP contribution < -0.4 is 4.74 Å². The number of nitrogens with zero attached hydrogens (tertiary/aromatic N) is 4. The van der Waals surface area contributed by atoms with Gasteiger partial charge < -0.3 is 4.74 Å². The highest BCUT2D eigenvalue weighted by Gasteiger charge is 2.37. The number of fused-ring (bicyclic) bond motifs is 1. The molecule has 5 nitrogen and oxygen atoms in total. The number of hydrogen-bond donors (Lipinski definition) is 0. The van der Waals surface area contributed by atoms with Crippen LogP contribution in [0.1, 0.15) is 11.4 Å². The highest BCUT2D eigenvalue weighted by Crippen LogP contribution is 2.29. The minimum Gasteiger partial charge on any atom is -0.496 e. The fourth-order valence-electron chi connectivity index (χ4n) is 2.00. The van der Waals surface area contributed by atoms with Gasteiger partial charge in [-0.2, -0.15) is 22.8 Å². The maximum absolute atomic E-state index is 12.8. The van der Waals surface area contributed by atoms with Gasteiger partial charge in [0.05, 0.1) is 7.11 Å². The maximum Gasteiger partial charge on any atom is 0.453 e. The standard InChI is InChI=1S/C14H11F3N4OS/c1-22-10-5-3-2-4-9(10)8-23-12-7-6-11-18-19-13(14(15,16)17)21(11)20-12/h2-7H,8H2,1H3. The number of hydrogen-bond acceptors (Lipinski definition) is 5. The van der Waals surface area contributed by atoms with Crippen molar-refractivity contribution in [2.45, 2.75) is 17.0 Å². The summed E-state index contributed by atoms with van der Waals surface area (Å²) in [7, 11) is 1.57. The molecule has 0 amide bonds. The van der Waals surface area contributed by atoms with E-state index in [0.717, 1.165) is 11.3 Å². The first kappa shape index (κ1) is 15.6. The molecule has 1 aromatic carbocycles. The molecule has 0 aliphatic rings. The first-order chi connectivity index (χ1) is 11.0. The van der Waals surface area contributed by atoms with Crippen LogP contribution in [0, 0.1) is 0 Å². The van der Waals surface area contributed by atoms with Gasteiger partial charge in [0.25, 0.3) is 5.82 Å². The Morgan fingerprint density at radius 3 is 2.65 bits per heavy atom. The Morgan fingerprint density at radius 2 is 1.91 bits per heavy atom. The second-order valence-corrected chi connectivity index (χ2v) is 5.56. The van der Waals surface area contributed by atoms with E-state index < -0.39 is 12.0 Å². The number of aromatic nitrogens is 4. The molecular formula is C14H11F3N4OS. The molecule has 0 aliphatic heterocycles. The Kier molecular flexibility index (Phi) is 4.12. The van der Waals surface area contributed by atoms with E-state index in [1.807, 2.05) is 24.3 Å². The van der Waals surface area contributed by atoms with Crippen molar-refractivity contribution >= 4 is 17.4 Å². The monoisotopic (exact) mass is 340 g/mol. The Morgan fingerprint density at radius 1 is 1.13 bits per heavy atom. The number of methoxy groups -OCH3 is 1. The van der Waals surface area contributed by atoms with E-state index in [1.54, 1.807) is 13.2 Å². The van der Waals surface area contributed by atoms with E-state index in [4.69, 9.17) is 4.74 Å². The quantitative estimate of drug-likeness (QED) is 0.681. The second-order valence-electron chi connectivity index (χ2n) is 4.56. The normalized spacial score (nSPS) is 11.8. The number of halogens is 3. The molecule has 3 aromatic rings. The molecule has 3 rings (SSSR count). The Balaban J connectivity index is 1.86. The van der Waals surface area contributed by atoms with Crippen LogP contribution in [0.25, 0.3) is 5.65 Å². The summed E-state index contributed by atoms with van der Waals surface area (Å²) >= 11 is 1.31. The van der Waals surface area contributed by atoms with Crippen LogP contribution in [0.5, 0.6) is 5.75 Å². The number of ether oxygens (including phenoxy) is 1. The van der Waals surface area contributed by atoms with Crippen molar-refractivity contribution in [2.24, 2.45) is 0 Å². The molecule has 9 heteroatoms. The number of rotatable bonds is 4. The van der Waals surface area contributed by atoms with Crippen LogP contribution >= 0.6 is 11.8 Å². The number of thioether (sulfide) groups is 1. The molecule has 0 unspecified atom stereocenters. The largest absolute Gasteiger partial charge is 0.496 e. The predicted octanol–water partition coefficient (Wildman–Crippen LogP) is 3.44. The molecule has 0 saturated heterocycles. The van der Waals surface area contributed by atoms with Crippen molar-refractivity contribution in [3.05, 3.63) is 47.8 Å². The number of benzene rings is 1. The second kappa shape index (κ2) is 6.07. The van der Waals surface area contributed by atoms with E-state index in [0.29, 0.717) is 15.3 Å². The van der Waals surface area contributed by atoms with Crippen molar-refractivity contribution in [3.8, 4) is 5.75 Å². The Hall–Kier alpha value is -2.29. The third-order valence-corrected chi connectivity index (χ3v) is 4.03. The van der Waals surface area contributed by atoms with E-state index in [-0.39, 0.29) is 5.65 Å². The number of para-hydroxylation sites is 1. The van der Waals surface area contributed by atoms with Gasteiger partial charge in [0.2, 0.25) is 0 Å². The topological polar surface area (TPSA) is 52.3 Å². The highest BCUT2D eigenvalue weighted by atomic mass is 32.2. The van der Waals surface area contributed by atoms with Crippen LogP contribution in [-0.4, -0.2) is 26.9 Å². The summed E-state index contributed by atoms with van der Waals surface area (Å²) in [5.41, 5.74) is 0.987. The molecule has 120 valence electrons. The summed E-state index contributed by atoms with van der Waals surface area (Å²) in [5, 5.41) is 11.0. The molecule has 0 radical (unpaired) electrons. The van der Waals surface area contributed by atoms with Crippen molar-refractivity contribution in [3.63, 3.8) is 0 Å². The van der Waals surface area contributed by atoms with Crippen molar-refractivity contribution < 1.29 is 17.9 Å². The number of alkyl halides is 3. The van der Waals surface area contributed by atoms with Gasteiger partial charge in [0.1, 0.15) is 10.8 Å². The van der Waals surface area contributed by atoms with Gasteiger partial charge in [0, 0.05) is 11.3 Å². The van der Waals surface area contributed by atoms with Crippen molar-refractivity contribution in [2.75, 3.05) is 7.11 Å². The van der Waals surface area contributed by atoms with Crippen molar-refractivity contribution in [1.82, 2.24) is 19.8 Å². The average Bonchev–Trinajstić information content (AvgIpc) is 2.96. The lowest BCUT2D eigenvalue weighted by atomic mass is 10.2. The zero-order valence-electron chi connectivity index (χ0n) is 11.9. The lowest BCUT2D eigenvalue weighted by Gasteiger charge is -2.08. The summed E-state index contributed by atoms with van der Waals surface area (Å²) in [6.07, 6.45) is -4.60. The van der Waals surface area contributed by atoms with Gasteiger partial charge >= 0.3 is 6.18 Å². The van der Waals surface area contributed by atoms with Crippen molar-refractivity contribution in [1.29, 1.82) is 0 Å². The molecular weight excluding hydrogens is 329 g/mol. The molecule has 0 bridgehead atoms. The molecule has 0 spiro atoms. The summed E-state index contributed by atoms with van der Waals surface area (Å²) in [5.74, 6) is 0.111. The molecule has 0 N–H and O–H groups in total. The molecule has 0 fully saturated rings. The minimum absolute atomic E-state index is 0.0546. The fraction of sp³-hybridized carbons (Fsp3) is 0.214. The minimum atomic E-state index is -4.60. The highest BCUT2D eigenvalue weighted by molar-refractivity contribution is 7.98. The average molecular weight is 340 g/mol. The van der Waals surface area contributed by atoms with Crippen LogP contribution in [0.2, 0.25) is 0 Å². The molecule has 2 aromatic heterocycles. The predicted molar refractivity (Wildman–Crippen MR) is 78.3 cm³/mol. The SMILES string of the molecule is COc1ccccc1CSc1ccc2nnc(C(F)(F)F)n2n1. The third kappa shape index (κ3) is 3.24. The molecule has 23 heavy (non-hydrogen) atoms. The maximum atomic E-state index is 12.8. The summed E-state index contributed by atoms with van der Waals surface area (Å²) < 4.78 is 44.5. The van der Waals surface area contributed by atoms with Gasteiger partial charge in [-0.25, -0.2) is 0 Å². The summed E-state index contributed by atoms with van der Waals surface area (Å²) in [6.45, 7) is 0. The fourth-order valence-corrected chi connectivity index (χ4v) is 2.85. The smallest absolute Gasteiger partial charge is 0.453 e. The van der Waals surface area contributed by atoms with Gasteiger partial charge in [-0.1, -0.05) is 30.0 Å². The van der Waals surface area contributed by atoms with E-state index >= 15 is 0 Å². The Bertz CT molecular complexity index is 834. The lowest BCUT2D eigenvalue weighted by Crippen LogP contribution is -2.12. The van der Waals surface area contributed by atoms with Crippen LogP contribution in [0.3, 0.4) is 0 Å². The zero-order valence-corrected chi connectivity index (χ0v) is 12.7. The van der Waals surface area contributed by atoms with Crippen LogP contribution in [0.4, 0.5) is 13.2 Å².